The Labute approximate surface area is 106 Å². The van der Waals surface area contributed by atoms with E-state index < -0.39 is 0 Å². The van der Waals surface area contributed by atoms with E-state index in [1.807, 2.05) is 6.07 Å². The molecule has 1 aromatic rings. The Morgan fingerprint density at radius 1 is 1.40 bits per heavy atom. The van der Waals surface area contributed by atoms with Crippen molar-refractivity contribution in [2.45, 2.75) is 6.42 Å². The second-order valence-corrected chi connectivity index (χ2v) is 4.23. The molecule has 0 atom stereocenters. The van der Waals surface area contributed by atoms with Gasteiger partial charge in [-0.25, -0.2) is 0 Å². The molecule has 0 unspecified atom stereocenters. The number of nitrogens with zero attached hydrogens (tertiary/aromatic N) is 2. The van der Waals surface area contributed by atoms with Crippen molar-refractivity contribution in [3.63, 3.8) is 0 Å². The third-order valence-corrected chi connectivity index (χ3v) is 2.87. The summed E-state index contributed by atoms with van der Waals surface area (Å²) in [5.41, 5.74) is 2.51. The molecule has 0 aromatic heterocycles. The van der Waals surface area contributed by atoms with Crippen molar-refractivity contribution in [2.75, 3.05) is 20.6 Å². The van der Waals surface area contributed by atoms with E-state index in [-0.39, 0.29) is 34.6 Å². The number of non-ortho nitro benzene ring substituents is 1. The zero-order chi connectivity index (χ0) is 10.3. The van der Waals surface area contributed by atoms with Gasteiger partial charge in [0, 0.05) is 18.1 Å². The van der Waals surface area contributed by atoms with Crippen LogP contribution in [0.3, 0.4) is 0 Å². The highest BCUT2D eigenvalue weighted by Crippen LogP contribution is 2.34. The van der Waals surface area contributed by atoms with Gasteiger partial charge >= 0.3 is 0 Å². The van der Waals surface area contributed by atoms with E-state index >= 15 is 0 Å². The molecule has 82 valence electrons. The first-order valence-corrected chi connectivity index (χ1v) is 4.61. The van der Waals surface area contributed by atoms with Crippen LogP contribution >= 0.6 is 0 Å². The molecule has 1 aromatic carbocycles. The Hall–Kier alpha value is -0.690. The lowest BCUT2D eigenvalue weighted by molar-refractivity contribution is -0.384. The van der Waals surface area contributed by atoms with Crippen molar-refractivity contribution < 1.29 is 28.9 Å². The lowest BCUT2D eigenvalue weighted by Gasteiger charge is -2.23. The van der Waals surface area contributed by atoms with Crippen molar-refractivity contribution >= 4 is 11.4 Å². The van der Waals surface area contributed by atoms with Crippen LogP contribution in [0.2, 0.25) is 0 Å². The van der Waals surface area contributed by atoms with E-state index in [0.29, 0.717) is 0 Å². The van der Waals surface area contributed by atoms with Gasteiger partial charge in [0.2, 0.25) is 0 Å². The molecule has 1 aliphatic heterocycles. The number of nitro benzene ring substituents is 1. The van der Waals surface area contributed by atoms with Gasteiger partial charge in [0.25, 0.3) is 5.69 Å². The summed E-state index contributed by atoms with van der Waals surface area (Å²) in [6, 6.07) is 5.16. The van der Waals surface area contributed by atoms with Gasteiger partial charge in [0.05, 0.1) is 31.6 Å². The van der Waals surface area contributed by atoms with Gasteiger partial charge in [-0.2, -0.15) is 0 Å². The highest BCUT2D eigenvalue weighted by Gasteiger charge is 2.31. The number of fused-ring (bicyclic) bond motifs is 1. The van der Waals surface area contributed by atoms with E-state index in [1.165, 1.54) is 5.56 Å². The van der Waals surface area contributed by atoms with Crippen LogP contribution < -0.4 is 28.5 Å². The first kappa shape index (κ1) is 12.4. The molecular formula is C10H13IN2O2. The van der Waals surface area contributed by atoms with Crippen LogP contribution in [0.25, 0.3) is 0 Å². The lowest BCUT2D eigenvalue weighted by Crippen LogP contribution is -3.00. The molecule has 0 spiro atoms. The predicted molar refractivity (Wildman–Crippen MR) is 55.3 cm³/mol. The normalized spacial score (nSPS) is 16.7. The number of likely N-dealkylation sites (N-methyl/N-ethyl adjacent to an activating group) is 1. The molecule has 0 radical (unpaired) electrons. The minimum Gasteiger partial charge on any atom is -1.00 e. The highest BCUT2D eigenvalue weighted by atomic mass is 127. The third kappa shape index (κ3) is 2.12. The Bertz CT molecular complexity index is 404. The first-order chi connectivity index (χ1) is 6.50. The van der Waals surface area contributed by atoms with Crippen molar-refractivity contribution in [1.29, 1.82) is 0 Å². The van der Waals surface area contributed by atoms with Crippen LogP contribution in [0.15, 0.2) is 18.2 Å². The zero-order valence-electron chi connectivity index (χ0n) is 8.74. The van der Waals surface area contributed by atoms with Gasteiger partial charge in [0.1, 0.15) is 5.69 Å². The number of rotatable bonds is 1. The standard InChI is InChI=1S/C10H13N2O2.HI/c1-12(2)6-5-8-3-4-9(11(13)14)7-10(8)12;/h3-4,7H,5-6H2,1-2H3;1H/q+1;/p-1. The second-order valence-electron chi connectivity index (χ2n) is 4.23. The fourth-order valence-corrected chi connectivity index (χ4v) is 1.96. The van der Waals surface area contributed by atoms with E-state index in [2.05, 4.69) is 14.1 Å². The Kier molecular flexibility index (Phi) is 3.34. The van der Waals surface area contributed by atoms with Gasteiger partial charge in [-0.1, -0.05) is 0 Å². The third-order valence-electron chi connectivity index (χ3n) is 2.87. The van der Waals surface area contributed by atoms with Gasteiger partial charge in [-0.3, -0.25) is 14.6 Å². The number of hydrogen-bond acceptors (Lipinski definition) is 2. The van der Waals surface area contributed by atoms with Crippen LogP contribution in [-0.4, -0.2) is 25.6 Å². The summed E-state index contributed by atoms with van der Waals surface area (Å²) in [7, 11) is 4.16. The monoisotopic (exact) mass is 320 g/mol. The average molecular weight is 320 g/mol. The Morgan fingerprint density at radius 3 is 2.67 bits per heavy atom. The maximum Gasteiger partial charge on any atom is 0.275 e. The van der Waals surface area contributed by atoms with Crippen LogP contribution in [0, 0.1) is 10.1 Å². The molecule has 0 saturated heterocycles. The Balaban J connectivity index is 0.00000112. The van der Waals surface area contributed by atoms with Crippen LogP contribution in [0.5, 0.6) is 0 Å². The zero-order valence-corrected chi connectivity index (χ0v) is 10.9. The smallest absolute Gasteiger partial charge is 0.275 e. The first-order valence-electron chi connectivity index (χ1n) is 4.61. The molecule has 0 aliphatic carbocycles. The van der Waals surface area contributed by atoms with Gasteiger partial charge < -0.3 is 24.0 Å². The van der Waals surface area contributed by atoms with Gasteiger partial charge in [0.15, 0.2) is 0 Å². The molecule has 15 heavy (non-hydrogen) atoms. The molecular weight excluding hydrogens is 307 g/mol. The van der Waals surface area contributed by atoms with Gasteiger partial charge in [-0.05, 0) is 6.07 Å². The molecule has 0 fully saturated rings. The highest BCUT2D eigenvalue weighted by molar-refractivity contribution is 5.59. The summed E-state index contributed by atoms with van der Waals surface area (Å²) >= 11 is 0. The Morgan fingerprint density at radius 2 is 2.07 bits per heavy atom. The average Bonchev–Trinajstić information content (AvgIpc) is 2.42. The van der Waals surface area contributed by atoms with Gasteiger partial charge in [-0.15, -0.1) is 0 Å². The molecule has 2 rings (SSSR count). The number of halogens is 1. The van der Waals surface area contributed by atoms with Crippen LogP contribution in [0.1, 0.15) is 5.56 Å². The summed E-state index contributed by atoms with van der Waals surface area (Å²) in [5.74, 6) is 0. The summed E-state index contributed by atoms with van der Waals surface area (Å²) in [4.78, 5) is 10.3. The summed E-state index contributed by atoms with van der Waals surface area (Å²) in [6.07, 6.45) is 1.01. The predicted octanol–water partition coefficient (Wildman–Crippen LogP) is -1.28. The fourth-order valence-electron chi connectivity index (χ4n) is 1.96. The molecule has 1 aliphatic rings. The van der Waals surface area contributed by atoms with Crippen LogP contribution in [0.4, 0.5) is 11.4 Å². The van der Waals surface area contributed by atoms with E-state index in [4.69, 9.17) is 0 Å². The van der Waals surface area contributed by atoms with E-state index in [9.17, 15) is 10.1 Å². The number of hydrogen-bond donors (Lipinski definition) is 0. The largest absolute Gasteiger partial charge is 1.00 e. The van der Waals surface area contributed by atoms with Crippen molar-refractivity contribution in [1.82, 2.24) is 4.48 Å². The molecule has 0 bridgehead atoms. The summed E-state index contributed by atoms with van der Waals surface area (Å²) in [5, 5.41) is 10.6. The molecule has 0 saturated carbocycles. The van der Waals surface area contributed by atoms with Crippen molar-refractivity contribution in [3.05, 3.63) is 33.9 Å². The van der Waals surface area contributed by atoms with Crippen molar-refractivity contribution in [2.24, 2.45) is 0 Å². The quantitative estimate of drug-likeness (QED) is 0.280. The van der Waals surface area contributed by atoms with Crippen LogP contribution in [-0.2, 0) is 6.42 Å². The molecule has 0 N–H and O–H groups in total. The summed E-state index contributed by atoms with van der Waals surface area (Å²) < 4.78 is 0.747. The molecule has 0 amide bonds. The second kappa shape index (κ2) is 4.05. The fraction of sp³-hybridized carbons (Fsp3) is 0.400. The topological polar surface area (TPSA) is 43.1 Å². The lowest BCUT2D eigenvalue weighted by atomic mass is 10.1. The number of quaternary nitrogens is 1. The minimum atomic E-state index is -0.335. The number of benzene rings is 1. The van der Waals surface area contributed by atoms with E-state index in [1.54, 1.807) is 12.1 Å². The molecule has 4 nitrogen and oxygen atoms in total. The van der Waals surface area contributed by atoms with Crippen molar-refractivity contribution in [3.8, 4) is 0 Å². The summed E-state index contributed by atoms with van der Waals surface area (Å²) in [6.45, 7) is 1.02. The maximum absolute atomic E-state index is 10.6. The molecule has 1 heterocycles. The minimum absolute atomic E-state index is 0. The maximum atomic E-state index is 10.6. The SMILES string of the molecule is C[N+]1(C)CCc2ccc([N+](=O)[O-])cc21.[I-]. The van der Waals surface area contributed by atoms with E-state index in [0.717, 1.165) is 23.1 Å². The number of nitro groups is 1. The molecule has 5 heteroatoms.